The Hall–Kier alpha value is -3.02. The van der Waals surface area contributed by atoms with Crippen LogP contribution in [0.1, 0.15) is 23.6 Å². The predicted octanol–water partition coefficient (Wildman–Crippen LogP) is 2.81. The fraction of sp³-hybridized carbons (Fsp3) is 0.167. The van der Waals surface area contributed by atoms with E-state index >= 15 is 0 Å². The second-order valence-electron chi connectivity index (χ2n) is 5.41. The van der Waals surface area contributed by atoms with Crippen molar-refractivity contribution in [3.63, 3.8) is 0 Å². The minimum absolute atomic E-state index is 0.234. The fourth-order valence-corrected chi connectivity index (χ4v) is 2.57. The third-order valence-electron chi connectivity index (χ3n) is 3.65. The number of para-hydroxylation sites is 1. The van der Waals surface area contributed by atoms with Crippen molar-refractivity contribution in [3.05, 3.63) is 65.0 Å². The Labute approximate surface area is 138 Å². The van der Waals surface area contributed by atoms with Crippen molar-refractivity contribution in [1.29, 1.82) is 0 Å². The normalized spacial score (nSPS) is 16.5. The fourth-order valence-electron chi connectivity index (χ4n) is 2.57. The summed E-state index contributed by atoms with van der Waals surface area (Å²) in [4.78, 5) is 27.8. The molecule has 0 spiro atoms. The van der Waals surface area contributed by atoms with E-state index in [4.69, 9.17) is 4.74 Å². The molecule has 1 heterocycles. The minimum Gasteiger partial charge on any atom is -0.430 e. The first-order valence-corrected chi connectivity index (χ1v) is 7.38. The number of hydrogen-bond donors (Lipinski definition) is 1. The quantitative estimate of drug-likeness (QED) is 0.863. The highest BCUT2D eigenvalue weighted by atomic mass is 19.1. The van der Waals surface area contributed by atoms with Crippen LogP contribution in [0.4, 0.5) is 10.1 Å². The van der Waals surface area contributed by atoms with Gasteiger partial charge in [0.2, 0.25) is 0 Å². The zero-order valence-corrected chi connectivity index (χ0v) is 13.2. The number of carbonyl (C=O) groups excluding carboxylic acids is 2. The van der Waals surface area contributed by atoms with E-state index in [0.29, 0.717) is 11.3 Å². The average molecular weight is 326 g/mol. The third kappa shape index (κ3) is 2.90. The number of amides is 1. The Morgan fingerprint density at radius 1 is 1.17 bits per heavy atom. The summed E-state index contributed by atoms with van der Waals surface area (Å²) in [6.45, 7) is 3.01. The van der Waals surface area contributed by atoms with Crippen molar-refractivity contribution < 1.29 is 18.7 Å². The molecule has 0 bridgehead atoms. The van der Waals surface area contributed by atoms with Gasteiger partial charge >= 0.3 is 5.97 Å². The SMILES string of the molecule is CC(=O)OC1N=C(c2ccccc2F)c2cccc(C)c2NC1=O. The molecule has 5 nitrogen and oxygen atoms in total. The third-order valence-corrected chi connectivity index (χ3v) is 3.65. The summed E-state index contributed by atoms with van der Waals surface area (Å²) < 4.78 is 19.3. The van der Waals surface area contributed by atoms with Crippen LogP contribution < -0.4 is 5.32 Å². The molecule has 0 aliphatic carbocycles. The molecule has 1 aliphatic heterocycles. The van der Waals surface area contributed by atoms with Gasteiger partial charge in [0.1, 0.15) is 5.82 Å². The van der Waals surface area contributed by atoms with Crippen LogP contribution in [0.25, 0.3) is 0 Å². The van der Waals surface area contributed by atoms with Gasteiger partial charge in [-0.1, -0.05) is 30.3 Å². The van der Waals surface area contributed by atoms with Crippen molar-refractivity contribution in [1.82, 2.24) is 0 Å². The standard InChI is InChI=1S/C18H15FN2O3/c1-10-6-5-8-13-15(10)20-17(23)18(24-11(2)22)21-16(13)12-7-3-4-9-14(12)19/h3-9,18H,1-2H3,(H,20,23). The molecule has 1 aliphatic rings. The van der Waals surface area contributed by atoms with Crippen LogP contribution in [0.3, 0.4) is 0 Å². The molecule has 1 atom stereocenters. The van der Waals surface area contributed by atoms with Crippen molar-refractivity contribution in [2.45, 2.75) is 20.1 Å². The first-order valence-electron chi connectivity index (χ1n) is 7.38. The Kier molecular flexibility index (Phi) is 4.12. The van der Waals surface area contributed by atoms with Crippen LogP contribution in [0.5, 0.6) is 0 Å². The van der Waals surface area contributed by atoms with E-state index in [1.165, 1.54) is 13.0 Å². The Morgan fingerprint density at radius 3 is 2.58 bits per heavy atom. The minimum atomic E-state index is -1.37. The van der Waals surface area contributed by atoms with Gasteiger partial charge in [-0.2, -0.15) is 0 Å². The van der Waals surface area contributed by atoms with Gasteiger partial charge in [-0.25, -0.2) is 9.38 Å². The van der Waals surface area contributed by atoms with Gasteiger partial charge in [0.15, 0.2) is 0 Å². The number of benzene rings is 2. The highest BCUT2D eigenvalue weighted by Gasteiger charge is 2.29. The number of anilines is 1. The number of benzodiazepines with no additional fused rings is 1. The van der Waals surface area contributed by atoms with Crippen molar-refractivity contribution in [2.24, 2.45) is 4.99 Å². The molecule has 122 valence electrons. The van der Waals surface area contributed by atoms with E-state index in [1.807, 2.05) is 13.0 Å². The van der Waals surface area contributed by atoms with Crippen molar-refractivity contribution >= 4 is 23.3 Å². The molecule has 3 rings (SSSR count). The molecule has 0 aromatic heterocycles. The lowest BCUT2D eigenvalue weighted by Gasteiger charge is -2.12. The summed E-state index contributed by atoms with van der Waals surface area (Å²) in [6.07, 6.45) is -1.37. The lowest BCUT2D eigenvalue weighted by molar-refractivity contribution is -0.151. The van der Waals surface area contributed by atoms with Crippen LogP contribution in [0.2, 0.25) is 0 Å². The predicted molar refractivity (Wildman–Crippen MR) is 87.4 cm³/mol. The summed E-state index contributed by atoms with van der Waals surface area (Å²) in [5.74, 6) is -1.69. The molecule has 0 saturated heterocycles. The van der Waals surface area contributed by atoms with E-state index in [0.717, 1.165) is 5.56 Å². The van der Waals surface area contributed by atoms with E-state index < -0.39 is 23.9 Å². The number of ether oxygens (including phenoxy) is 1. The number of halogens is 1. The second-order valence-corrected chi connectivity index (χ2v) is 5.41. The molecule has 1 amide bonds. The number of nitrogens with zero attached hydrogens (tertiary/aromatic N) is 1. The molecule has 1 N–H and O–H groups in total. The Morgan fingerprint density at radius 2 is 1.88 bits per heavy atom. The van der Waals surface area contributed by atoms with Crippen LogP contribution in [0, 0.1) is 12.7 Å². The molecule has 24 heavy (non-hydrogen) atoms. The van der Waals surface area contributed by atoms with Crippen molar-refractivity contribution in [3.8, 4) is 0 Å². The van der Waals surface area contributed by atoms with Crippen LogP contribution in [-0.2, 0) is 14.3 Å². The van der Waals surface area contributed by atoms with E-state index in [2.05, 4.69) is 10.3 Å². The maximum Gasteiger partial charge on any atom is 0.305 e. The number of rotatable bonds is 2. The number of aliphatic imine (C=N–C) groups is 1. The molecule has 2 aromatic rings. The van der Waals surface area contributed by atoms with Gasteiger partial charge in [-0.05, 0) is 24.6 Å². The molecular weight excluding hydrogens is 311 g/mol. The summed E-state index contributed by atoms with van der Waals surface area (Å²) in [6, 6.07) is 11.5. The first-order chi connectivity index (χ1) is 11.5. The number of aryl methyl sites for hydroxylation is 1. The second kappa shape index (κ2) is 6.23. The topological polar surface area (TPSA) is 67.8 Å². The molecule has 0 fully saturated rings. The highest BCUT2D eigenvalue weighted by Crippen LogP contribution is 2.28. The smallest absolute Gasteiger partial charge is 0.305 e. The Bertz CT molecular complexity index is 861. The molecule has 0 saturated carbocycles. The van der Waals surface area contributed by atoms with Gasteiger partial charge in [-0.3, -0.25) is 9.59 Å². The number of hydrogen-bond acceptors (Lipinski definition) is 4. The monoisotopic (exact) mass is 326 g/mol. The van der Waals surface area contributed by atoms with E-state index in [-0.39, 0.29) is 11.3 Å². The zero-order valence-electron chi connectivity index (χ0n) is 13.2. The maximum absolute atomic E-state index is 14.3. The van der Waals surface area contributed by atoms with Gasteiger partial charge in [0, 0.05) is 18.1 Å². The molecule has 2 aromatic carbocycles. The Balaban J connectivity index is 2.24. The summed E-state index contributed by atoms with van der Waals surface area (Å²) >= 11 is 0. The molecule has 6 heteroatoms. The number of nitrogens with one attached hydrogen (secondary N) is 1. The number of carbonyl (C=O) groups is 2. The molecule has 0 radical (unpaired) electrons. The van der Waals surface area contributed by atoms with Crippen LogP contribution >= 0.6 is 0 Å². The summed E-state index contributed by atoms with van der Waals surface area (Å²) in [5.41, 5.74) is 2.39. The molecule has 1 unspecified atom stereocenters. The van der Waals surface area contributed by atoms with E-state index in [9.17, 15) is 14.0 Å². The zero-order chi connectivity index (χ0) is 17.3. The van der Waals surface area contributed by atoms with Gasteiger partial charge in [0.05, 0.1) is 11.4 Å². The van der Waals surface area contributed by atoms with Gasteiger partial charge in [0.25, 0.3) is 12.1 Å². The lowest BCUT2D eigenvalue weighted by atomic mass is 9.98. The first kappa shape index (κ1) is 15.9. The van der Waals surface area contributed by atoms with Crippen LogP contribution in [-0.4, -0.2) is 23.8 Å². The highest BCUT2D eigenvalue weighted by molar-refractivity contribution is 6.20. The van der Waals surface area contributed by atoms with Gasteiger partial charge in [-0.15, -0.1) is 0 Å². The summed E-state index contributed by atoms with van der Waals surface area (Å²) in [5, 5.41) is 2.71. The number of esters is 1. The van der Waals surface area contributed by atoms with Gasteiger partial charge < -0.3 is 10.1 Å². The molecular formula is C18H15FN2O3. The van der Waals surface area contributed by atoms with E-state index in [1.54, 1.807) is 30.3 Å². The number of fused-ring (bicyclic) bond motifs is 1. The lowest BCUT2D eigenvalue weighted by Crippen LogP contribution is -2.30. The maximum atomic E-state index is 14.3. The summed E-state index contributed by atoms with van der Waals surface area (Å²) in [7, 11) is 0. The van der Waals surface area contributed by atoms with Crippen LogP contribution in [0.15, 0.2) is 47.5 Å². The van der Waals surface area contributed by atoms with Crippen molar-refractivity contribution in [2.75, 3.05) is 5.32 Å². The average Bonchev–Trinajstić information content (AvgIpc) is 2.66. The largest absolute Gasteiger partial charge is 0.430 e.